The van der Waals surface area contributed by atoms with Crippen molar-refractivity contribution < 1.29 is 9.90 Å². The number of benzene rings is 1. The average Bonchev–Trinajstić information content (AvgIpc) is 2.46. The Balaban J connectivity index is 2.77. The molecule has 0 bridgehead atoms. The van der Waals surface area contributed by atoms with E-state index in [1.165, 1.54) is 0 Å². The molecule has 0 radical (unpaired) electrons. The van der Waals surface area contributed by atoms with Gasteiger partial charge in [-0.15, -0.1) is 0 Å². The summed E-state index contributed by atoms with van der Waals surface area (Å²) in [6.07, 6.45) is 2.46. The van der Waals surface area contributed by atoms with Crippen LogP contribution in [-0.4, -0.2) is 24.2 Å². The monoisotopic (exact) mass is 317 g/mol. The number of carbonyl (C=O) groups excluding carboxylic acids is 1. The van der Waals surface area contributed by atoms with Gasteiger partial charge in [0.1, 0.15) is 0 Å². The Morgan fingerprint density at radius 1 is 1.30 bits per heavy atom. The average molecular weight is 318 g/mol. The van der Waals surface area contributed by atoms with Crippen LogP contribution in [-0.2, 0) is 0 Å². The molecule has 0 atom stereocenters. The number of hydrogen-bond acceptors (Lipinski definition) is 2. The third-order valence-corrected chi connectivity index (χ3v) is 4.50. The zero-order valence-electron chi connectivity index (χ0n) is 11.9. The minimum Gasteiger partial charge on any atom is -0.396 e. The van der Waals surface area contributed by atoms with Crippen LogP contribution < -0.4 is 5.32 Å². The van der Waals surface area contributed by atoms with Crippen molar-refractivity contribution in [3.8, 4) is 0 Å². The molecule has 0 saturated heterocycles. The highest BCUT2D eigenvalue weighted by atomic mass is 35.5. The molecule has 0 fully saturated rings. The van der Waals surface area contributed by atoms with Crippen molar-refractivity contribution in [3.05, 3.63) is 33.8 Å². The van der Waals surface area contributed by atoms with Gasteiger partial charge in [-0.05, 0) is 42.9 Å². The lowest BCUT2D eigenvalue weighted by Gasteiger charge is -2.31. The summed E-state index contributed by atoms with van der Waals surface area (Å²) >= 11 is 11.9. The second-order valence-electron chi connectivity index (χ2n) is 4.99. The molecular formula is C15H21Cl2NO2. The maximum Gasteiger partial charge on any atom is 0.252 e. The SMILES string of the molecule is CCC(CC)(CCO)CNC(=O)c1cc(Cl)ccc1Cl. The van der Waals surface area contributed by atoms with Crippen molar-refractivity contribution >= 4 is 29.1 Å². The molecule has 0 aliphatic carbocycles. The maximum atomic E-state index is 12.2. The molecule has 0 saturated carbocycles. The van der Waals surface area contributed by atoms with E-state index in [2.05, 4.69) is 19.2 Å². The lowest BCUT2D eigenvalue weighted by atomic mass is 9.79. The van der Waals surface area contributed by atoms with Gasteiger partial charge < -0.3 is 10.4 Å². The van der Waals surface area contributed by atoms with Crippen LogP contribution in [0, 0.1) is 5.41 Å². The molecule has 3 nitrogen and oxygen atoms in total. The van der Waals surface area contributed by atoms with E-state index in [4.69, 9.17) is 23.2 Å². The predicted molar refractivity (Wildman–Crippen MR) is 83.5 cm³/mol. The third-order valence-electron chi connectivity index (χ3n) is 3.94. The molecular weight excluding hydrogens is 297 g/mol. The van der Waals surface area contributed by atoms with Crippen LogP contribution in [0.5, 0.6) is 0 Å². The van der Waals surface area contributed by atoms with Gasteiger partial charge in [0.15, 0.2) is 0 Å². The molecule has 0 spiro atoms. The highest BCUT2D eigenvalue weighted by molar-refractivity contribution is 6.35. The van der Waals surface area contributed by atoms with Crippen molar-refractivity contribution in [1.29, 1.82) is 0 Å². The Hall–Kier alpha value is -0.770. The van der Waals surface area contributed by atoms with Gasteiger partial charge in [-0.1, -0.05) is 37.0 Å². The van der Waals surface area contributed by atoms with Crippen molar-refractivity contribution in [2.24, 2.45) is 5.41 Å². The minimum atomic E-state index is -0.235. The molecule has 20 heavy (non-hydrogen) atoms. The van der Waals surface area contributed by atoms with E-state index in [9.17, 15) is 9.90 Å². The van der Waals surface area contributed by atoms with Gasteiger partial charge in [0.05, 0.1) is 10.6 Å². The first-order valence-corrected chi connectivity index (χ1v) is 7.57. The van der Waals surface area contributed by atoms with Gasteiger partial charge in [0, 0.05) is 18.2 Å². The Kier molecular flexibility index (Phi) is 6.80. The molecule has 0 aliphatic heterocycles. The van der Waals surface area contributed by atoms with Crippen LogP contribution in [0.1, 0.15) is 43.5 Å². The molecule has 0 aromatic heterocycles. The van der Waals surface area contributed by atoms with Crippen molar-refractivity contribution in [2.75, 3.05) is 13.2 Å². The molecule has 2 N–H and O–H groups in total. The molecule has 1 aromatic rings. The number of halogens is 2. The van der Waals surface area contributed by atoms with E-state index >= 15 is 0 Å². The Labute approximate surface area is 130 Å². The van der Waals surface area contributed by atoms with Crippen molar-refractivity contribution in [3.63, 3.8) is 0 Å². The van der Waals surface area contributed by atoms with E-state index < -0.39 is 0 Å². The fourth-order valence-corrected chi connectivity index (χ4v) is 2.59. The molecule has 0 unspecified atom stereocenters. The second-order valence-corrected chi connectivity index (χ2v) is 5.83. The number of aliphatic hydroxyl groups is 1. The van der Waals surface area contributed by atoms with Crippen LogP contribution in [0.2, 0.25) is 10.0 Å². The van der Waals surface area contributed by atoms with Crippen LogP contribution in [0.3, 0.4) is 0 Å². The van der Waals surface area contributed by atoms with Gasteiger partial charge in [-0.2, -0.15) is 0 Å². The smallest absolute Gasteiger partial charge is 0.252 e. The molecule has 112 valence electrons. The molecule has 1 amide bonds. The predicted octanol–water partition coefficient (Wildman–Crippen LogP) is 3.91. The van der Waals surface area contributed by atoms with Crippen molar-refractivity contribution in [1.82, 2.24) is 5.32 Å². The first-order chi connectivity index (χ1) is 9.48. The summed E-state index contributed by atoms with van der Waals surface area (Å²) in [5, 5.41) is 12.9. The summed E-state index contributed by atoms with van der Waals surface area (Å²) in [5.74, 6) is -0.235. The first-order valence-electron chi connectivity index (χ1n) is 6.82. The summed E-state index contributed by atoms with van der Waals surface area (Å²) in [6.45, 7) is 4.77. The standard InChI is InChI=1S/C15H21Cl2NO2/c1-3-15(4-2,7-8-19)10-18-14(20)12-9-11(16)5-6-13(12)17/h5-6,9,19H,3-4,7-8,10H2,1-2H3,(H,18,20). The van der Waals surface area contributed by atoms with Crippen molar-refractivity contribution in [2.45, 2.75) is 33.1 Å². The number of amides is 1. The quantitative estimate of drug-likeness (QED) is 0.801. The molecule has 1 rings (SSSR count). The molecule has 1 aromatic carbocycles. The maximum absolute atomic E-state index is 12.2. The largest absolute Gasteiger partial charge is 0.396 e. The van der Waals surface area contributed by atoms with Gasteiger partial charge in [-0.25, -0.2) is 0 Å². The van der Waals surface area contributed by atoms with E-state index in [0.717, 1.165) is 12.8 Å². The topological polar surface area (TPSA) is 49.3 Å². The number of aliphatic hydroxyl groups excluding tert-OH is 1. The van der Waals surface area contributed by atoms with Crippen LogP contribution >= 0.6 is 23.2 Å². The van der Waals surface area contributed by atoms with Gasteiger partial charge >= 0.3 is 0 Å². The zero-order valence-corrected chi connectivity index (χ0v) is 13.4. The summed E-state index contributed by atoms with van der Waals surface area (Å²) in [6, 6.07) is 4.82. The molecule has 5 heteroatoms. The lowest BCUT2D eigenvalue weighted by Crippen LogP contribution is -2.37. The minimum absolute atomic E-state index is 0.0739. The van der Waals surface area contributed by atoms with E-state index in [1.807, 2.05) is 0 Å². The number of hydrogen-bond donors (Lipinski definition) is 2. The van der Waals surface area contributed by atoms with Gasteiger partial charge in [-0.3, -0.25) is 4.79 Å². The Morgan fingerprint density at radius 3 is 2.50 bits per heavy atom. The fourth-order valence-electron chi connectivity index (χ4n) is 2.21. The Bertz CT molecular complexity index is 459. The van der Waals surface area contributed by atoms with E-state index in [1.54, 1.807) is 18.2 Å². The number of rotatable bonds is 7. The third kappa shape index (κ3) is 4.37. The second kappa shape index (κ2) is 7.87. The molecule has 0 aliphatic rings. The lowest BCUT2D eigenvalue weighted by molar-refractivity contribution is 0.0907. The summed E-state index contributed by atoms with van der Waals surface area (Å²) in [4.78, 5) is 12.2. The van der Waals surface area contributed by atoms with Gasteiger partial charge in [0.25, 0.3) is 5.91 Å². The summed E-state index contributed by atoms with van der Waals surface area (Å²) in [7, 11) is 0. The van der Waals surface area contributed by atoms with E-state index in [0.29, 0.717) is 28.6 Å². The highest BCUT2D eigenvalue weighted by Gasteiger charge is 2.26. The molecule has 0 heterocycles. The van der Waals surface area contributed by atoms with E-state index in [-0.39, 0.29) is 17.9 Å². The van der Waals surface area contributed by atoms with Crippen LogP contribution in [0.4, 0.5) is 0 Å². The summed E-state index contributed by atoms with van der Waals surface area (Å²) in [5.41, 5.74) is 0.305. The normalized spacial score (nSPS) is 11.4. The summed E-state index contributed by atoms with van der Waals surface area (Å²) < 4.78 is 0. The fraction of sp³-hybridized carbons (Fsp3) is 0.533. The highest BCUT2D eigenvalue weighted by Crippen LogP contribution is 2.29. The Morgan fingerprint density at radius 2 is 1.95 bits per heavy atom. The van der Waals surface area contributed by atoms with Gasteiger partial charge in [0.2, 0.25) is 0 Å². The van der Waals surface area contributed by atoms with Crippen LogP contribution in [0.15, 0.2) is 18.2 Å². The zero-order chi connectivity index (χ0) is 15.2. The number of carbonyl (C=O) groups is 1. The van der Waals surface area contributed by atoms with Crippen LogP contribution in [0.25, 0.3) is 0 Å². The first kappa shape index (κ1) is 17.3. The number of nitrogens with one attached hydrogen (secondary N) is 1.